The highest BCUT2D eigenvalue weighted by atomic mass is 16.7. The molecule has 0 bridgehead atoms. The van der Waals surface area contributed by atoms with Crippen LogP contribution in [0.25, 0.3) is 0 Å². The van der Waals surface area contributed by atoms with Crippen LogP contribution in [-0.2, 0) is 9.31 Å². The molecule has 0 saturated carbocycles. The van der Waals surface area contributed by atoms with Crippen LogP contribution in [0.1, 0.15) is 40.5 Å². The van der Waals surface area contributed by atoms with E-state index in [1.165, 1.54) is 12.0 Å². The van der Waals surface area contributed by atoms with Crippen molar-refractivity contribution >= 4 is 7.12 Å². The van der Waals surface area contributed by atoms with Crippen LogP contribution in [0, 0.1) is 0 Å². The van der Waals surface area contributed by atoms with E-state index < -0.39 is 0 Å². The average Bonchev–Trinajstić information content (AvgIpc) is 2.36. The Hall–Kier alpha value is -0.315. The van der Waals surface area contributed by atoms with Gasteiger partial charge in [0, 0.05) is 6.54 Å². The van der Waals surface area contributed by atoms with Gasteiger partial charge in [-0.15, -0.1) is 0 Å². The standard InChI is InChI=1S/C12H22BNO2/c1-11(2)12(3,4)16-13(15-11)8-10-6-5-7-14-9-10/h8,14H,5-7,9H2,1-4H3/b10-8+. The molecule has 0 amide bonds. The molecule has 2 saturated heterocycles. The second kappa shape index (κ2) is 4.17. The van der Waals surface area contributed by atoms with Gasteiger partial charge in [0.05, 0.1) is 11.2 Å². The first kappa shape index (κ1) is 12.2. The molecule has 0 radical (unpaired) electrons. The topological polar surface area (TPSA) is 30.5 Å². The maximum absolute atomic E-state index is 5.94. The molecule has 0 aromatic rings. The summed E-state index contributed by atoms with van der Waals surface area (Å²) in [6, 6.07) is 0. The summed E-state index contributed by atoms with van der Waals surface area (Å²) in [5, 5.41) is 3.37. The van der Waals surface area contributed by atoms with E-state index in [2.05, 4.69) is 39.0 Å². The van der Waals surface area contributed by atoms with E-state index in [1.807, 2.05) is 0 Å². The fourth-order valence-corrected chi connectivity index (χ4v) is 2.07. The van der Waals surface area contributed by atoms with Gasteiger partial charge in [-0.05, 0) is 47.1 Å². The van der Waals surface area contributed by atoms with E-state index in [9.17, 15) is 0 Å². The molecule has 2 heterocycles. The van der Waals surface area contributed by atoms with Gasteiger partial charge in [0.15, 0.2) is 0 Å². The number of nitrogens with one attached hydrogen (secondary N) is 1. The minimum Gasteiger partial charge on any atom is -0.400 e. The minimum atomic E-state index is -0.225. The number of hydrogen-bond acceptors (Lipinski definition) is 3. The van der Waals surface area contributed by atoms with E-state index in [0.717, 1.165) is 19.5 Å². The van der Waals surface area contributed by atoms with Crippen molar-refractivity contribution in [1.82, 2.24) is 5.32 Å². The Morgan fingerprint density at radius 2 is 1.81 bits per heavy atom. The summed E-state index contributed by atoms with van der Waals surface area (Å²) in [5.74, 6) is 2.14. The lowest BCUT2D eigenvalue weighted by Gasteiger charge is -2.32. The molecule has 0 spiro atoms. The Bertz CT molecular complexity index is 275. The predicted molar refractivity (Wildman–Crippen MR) is 66.3 cm³/mol. The molecule has 2 rings (SSSR count). The molecule has 16 heavy (non-hydrogen) atoms. The van der Waals surface area contributed by atoms with Crippen LogP contribution in [0.4, 0.5) is 0 Å². The molecule has 0 aromatic heterocycles. The summed E-state index contributed by atoms with van der Waals surface area (Å²) < 4.78 is 11.9. The zero-order chi connectivity index (χ0) is 11.8. The zero-order valence-corrected chi connectivity index (χ0v) is 10.8. The molecule has 0 unspecified atom stereocenters. The fraction of sp³-hybridized carbons (Fsp3) is 0.833. The van der Waals surface area contributed by atoms with Crippen LogP contribution < -0.4 is 5.32 Å². The molecule has 2 fully saturated rings. The van der Waals surface area contributed by atoms with Crippen molar-refractivity contribution in [3.63, 3.8) is 0 Å². The van der Waals surface area contributed by atoms with E-state index >= 15 is 0 Å². The van der Waals surface area contributed by atoms with Gasteiger partial charge in [-0.25, -0.2) is 0 Å². The minimum absolute atomic E-state index is 0.181. The molecule has 0 aliphatic carbocycles. The maximum atomic E-state index is 5.94. The second-order valence-corrected chi connectivity index (χ2v) is 5.73. The van der Waals surface area contributed by atoms with E-state index in [-0.39, 0.29) is 18.3 Å². The van der Waals surface area contributed by atoms with E-state index in [1.54, 1.807) is 0 Å². The van der Waals surface area contributed by atoms with Gasteiger partial charge in [0.25, 0.3) is 0 Å². The second-order valence-electron chi connectivity index (χ2n) is 5.73. The van der Waals surface area contributed by atoms with Crippen LogP contribution in [0.3, 0.4) is 0 Å². The third-order valence-electron chi connectivity index (χ3n) is 3.85. The quantitative estimate of drug-likeness (QED) is 0.689. The van der Waals surface area contributed by atoms with Crippen LogP contribution in [0.2, 0.25) is 0 Å². The molecular formula is C12H22BNO2. The Balaban J connectivity index is 2.03. The maximum Gasteiger partial charge on any atom is 0.487 e. The molecule has 4 heteroatoms. The highest BCUT2D eigenvalue weighted by Gasteiger charge is 2.50. The van der Waals surface area contributed by atoms with Crippen molar-refractivity contribution in [2.75, 3.05) is 13.1 Å². The van der Waals surface area contributed by atoms with Crippen LogP contribution in [0.15, 0.2) is 11.5 Å². The molecular weight excluding hydrogens is 201 g/mol. The predicted octanol–water partition coefficient (Wildman–Crippen LogP) is 1.93. The van der Waals surface area contributed by atoms with E-state index in [4.69, 9.17) is 9.31 Å². The fourth-order valence-electron chi connectivity index (χ4n) is 2.07. The first-order chi connectivity index (χ1) is 7.41. The normalized spacial score (nSPS) is 31.0. The number of hydrogen-bond donors (Lipinski definition) is 1. The molecule has 3 nitrogen and oxygen atoms in total. The van der Waals surface area contributed by atoms with Crippen molar-refractivity contribution in [1.29, 1.82) is 0 Å². The summed E-state index contributed by atoms with van der Waals surface area (Å²) in [6.45, 7) is 10.5. The first-order valence-corrected chi connectivity index (χ1v) is 6.17. The highest BCUT2D eigenvalue weighted by Crippen LogP contribution is 2.37. The average molecular weight is 223 g/mol. The van der Waals surface area contributed by atoms with Gasteiger partial charge >= 0.3 is 7.12 Å². The SMILES string of the molecule is CC1(C)OB(/C=C2\CCCNC2)OC1(C)C. The van der Waals surface area contributed by atoms with Gasteiger partial charge < -0.3 is 14.6 Å². The van der Waals surface area contributed by atoms with Crippen molar-refractivity contribution < 1.29 is 9.31 Å². The monoisotopic (exact) mass is 223 g/mol. The van der Waals surface area contributed by atoms with Gasteiger partial charge in [0.1, 0.15) is 0 Å². The Morgan fingerprint density at radius 1 is 1.19 bits per heavy atom. The number of rotatable bonds is 1. The highest BCUT2D eigenvalue weighted by molar-refractivity contribution is 6.51. The van der Waals surface area contributed by atoms with Gasteiger partial charge in [-0.3, -0.25) is 0 Å². The largest absolute Gasteiger partial charge is 0.487 e. The van der Waals surface area contributed by atoms with Gasteiger partial charge in [-0.1, -0.05) is 11.5 Å². The summed E-state index contributed by atoms with van der Waals surface area (Å²) in [4.78, 5) is 0. The molecule has 0 atom stereocenters. The van der Waals surface area contributed by atoms with Crippen LogP contribution >= 0.6 is 0 Å². The number of piperidine rings is 1. The third kappa shape index (κ3) is 2.34. The summed E-state index contributed by atoms with van der Waals surface area (Å²) >= 11 is 0. The molecule has 0 aromatic carbocycles. The molecule has 2 aliphatic heterocycles. The third-order valence-corrected chi connectivity index (χ3v) is 3.85. The molecule has 2 aliphatic rings. The smallest absolute Gasteiger partial charge is 0.400 e. The molecule has 1 N–H and O–H groups in total. The van der Waals surface area contributed by atoms with Crippen molar-refractivity contribution in [3.05, 3.63) is 11.5 Å². The first-order valence-electron chi connectivity index (χ1n) is 6.17. The lowest BCUT2D eigenvalue weighted by Crippen LogP contribution is -2.41. The van der Waals surface area contributed by atoms with Gasteiger partial charge in [-0.2, -0.15) is 0 Å². The zero-order valence-electron chi connectivity index (χ0n) is 10.8. The Kier molecular flexibility index (Phi) is 3.17. The lowest BCUT2D eigenvalue weighted by molar-refractivity contribution is 0.00578. The molecule has 90 valence electrons. The van der Waals surface area contributed by atoms with Crippen LogP contribution in [-0.4, -0.2) is 31.4 Å². The Morgan fingerprint density at radius 3 is 2.31 bits per heavy atom. The van der Waals surface area contributed by atoms with Crippen molar-refractivity contribution in [3.8, 4) is 0 Å². The summed E-state index contributed by atoms with van der Waals surface area (Å²) in [5.41, 5.74) is 0.956. The Labute approximate surface area is 98.7 Å². The van der Waals surface area contributed by atoms with Gasteiger partial charge in [0.2, 0.25) is 0 Å². The van der Waals surface area contributed by atoms with Crippen molar-refractivity contribution in [2.24, 2.45) is 0 Å². The summed E-state index contributed by atoms with van der Waals surface area (Å²) in [6.07, 6.45) is 2.38. The lowest BCUT2D eigenvalue weighted by atomic mass is 9.85. The van der Waals surface area contributed by atoms with E-state index in [0.29, 0.717) is 0 Å². The summed E-state index contributed by atoms with van der Waals surface area (Å²) in [7, 11) is -0.181. The van der Waals surface area contributed by atoms with Crippen LogP contribution in [0.5, 0.6) is 0 Å². The van der Waals surface area contributed by atoms with Crippen molar-refractivity contribution in [2.45, 2.75) is 51.7 Å².